The second kappa shape index (κ2) is 10.5. The Morgan fingerprint density at radius 1 is 1.11 bits per heavy atom. The van der Waals surface area contributed by atoms with Gasteiger partial charge in [-0.05, 0) is 18.8 Å². The molecule has 2 fully saturated rings. The molecule has 11 nitrogen and oxygen atoms in total. The SMILES string of the molecule is CC(C)C(N)C(=O)OC1COC2C(OC(=O)CCCCCO[N+](=O)[O-])COC12. The zero-order valence-electron chi connectivity index (χ0n) is 16.1. The highest BCUT2D eigenvalue weighted by Crippen LogP contribution is 2.31. The van der Waals surface area contributed by atoms with Gasteiger partial charge in [0, 0.05) is 6.42 Å². The fourth-order valence-electron chi connectivity index (χ4n) is 3.05. The van der Waals surface area contributed by atoms with Crippen LogP contribution in [0.2, 0.25) is 0 Å². The number of ether oxygens (including phenoxy) is 4. The van der Waals surface area contributed by atoms with E-state index in [1.807, 2.05) is 13.8 Å². The van der Waals surface area contributed by atoms with Crippen molar-refractivity contribution < 1.29 is 38.5 Å². The van der Waals surface area contributed by atoms with Gasteiger partial charge >= 0.3 is 11.9 Å². The van der Waals surface area contributed by atoms with Crippen molar-refractivity contribution in [1.82, 2.24) is 0 Å². The van der Waals surface area contributed by atoms with Gasteiger partial charge in [-0.25, -0.2) is 0 Å². The highest BCUT2D eigenvalue weighted by atomic mass is 16.9. The lowest BCUT2D eigenvalue weighted by atomic mass is 10.1. The summed E-state index contributed by atoms with van der Waals surface area (Å²) in [5.41, 5.74) is 5.79. The Bertz CT molecular complexity index is 557. The van der Waals surface area contributed by atoms with E-state index < -0.39 is 47.5 Å². The van der Waals surface area contributed by atoms with Crippen LogP contribution in [-0.4, -0.2) is 67.3 Å². The number of carbonyl (C=O) groups excluding carboxylic acids is 2. The Hall–Kier alpha value is -1.98. The van der Waals surface area contributed by atoms with E-state index in [0.29, 0.717) is 19.3 Å². The summed E-state index contributed by atoms with van der Waals surface area (Å²) in [6.07, 6.45) is -0.277. The number of fused-ring (bicyclic) bond motifs is 1. The summed E-state index contributed by atoms with van der Waals surface area (Å²) in [6, 6.07) is -0.718. The number of carbonyl (C=O) groups is 2. The van der Waals surface area contributed by atoms with E-state index >= 15 is 0 Å². The van der Waals surface area contributed by atoms with Crippen LogP contribution in [0.5, 0.6) is 0 Å². The second-order valence-corrected chi connectivity index (χ2v) is 7.24. The van der Waals surface area contributed by atoms with Crippen LogP contribution in [-0.2, 0) is 33.4 Å². The first-order chi connectivity index (χ1) is 13.3. The van der Waals surface area contributed by atoms with Crippen LogP contribution in [0.1, 0.15) is 39.5 Å². The molecular formula is C17H28N2O9. The summed E-state index contributed by atoms with van der Waals surface area (Å²) in [6.45, 7) is 4.00. The van der Waals surface area contributed by atoms with Crippen LogP contribution < -0.4 is 5.73 Å². The minimum absolute atomic E-state index is 0.0106. The van der Waals surface area contributed by atoms with E-state index in [9.17, 15) is 19.7 Å². The molecule has 0 amide bonds. The summed E-state index contributed by atoms with van der Waals surface area (Å²) >= 11 is 0. The molecule has 28 heavy (non-hydrogen) atoms. The van der Waals surface area contributed by atoms with Crippen LogP contribution in [0.3, 0.4) is 0 Å². The monoisotopic (exact) mass is 404 g/mol. The molecule has 2 heterocycles. The van der Waals surface area contributed by atoms with Gasteiger partial charge in [-0.3, -0.25) is 9.59 Å². The fourth-order valence-corrected chi connectivity index (χ4v) is 3.05. The number of nitrogens with zero attached hydrogens (tertiary/aromatic N) is 1. The third kappa shape index (κ3) is 6.28. The standard InChI is InChI=1S/C17H28N2O9/c1-10(2)14(18)17(21)28-12-9-25-15-11(8-24-16(12)15)27-13(20)6-4-3-5-7-26-19(22)23/h10-12,14-16H,3-9,18H2,1-2H3. The number of nitrogens with two attached hydrogens (primary N) is 1. The molecule has 2 rings (SSSR count). The lowest BCUT2D eigenvalue weighted by molar-refractivity contribution is -0.757. The van der Waals surface area contributed by atoms with Crippen molar-refractivity contribution in [3.8, 4) is 0 Å². The maximum Gasteiger partial charge on any atom is 0.323 e. The summed E-state index contributed by atoms with van der Waals surface area (Å²) in [5.74, 6) is -0.945. The summed E-state index contributed by atoms with van der Waals surface area (Å²) in [4.78, 5) is 38.2. The predicted octanol–water partition coefficient (Wildman–Crippen LogP) is 0.360. The van der Waals surface area contributed by atoms with Gasteiger partial charge < -0.3 is 29.5 Å². The highest BCUT2D eigenvalue weighted by Gasteiger charge is 2.51. The largest absolute Gasteiger partial charge is 0.457 e. The van der Waals surface area contributed by atoms with Crippen molar-refractivity contribution >= 4 is 11.9 Å². The smallest absolute Gasteiger partial charge is 0.323 e. The predicted molar refractivity (Wildman–Crippen MR) is 93.5 cm³/mol. The molecule has 160 valence electrons. The van der Waals surface area contributed by atoms with Gasteiger partial charge in [-0.2, -0.15) is 0 Å². The average molecular weight is 404 g/mol. The van der Waals surface area contributed by atoms with Crippen LogP contribution in [0.25, 0.3) is 0 Å². The summed E-state index contributed by atoms with van der Waals surface area (Å²) < 4.78 is 22.1. The Balaban J connectivity index is 1.68. The van der Waals surface area contributed by atoms with Crippen LogP contribution in [0, 0.1) is 16.0 Å². The topological polar surface area (TPSA) is 149 Å². The Kier molecular flexibility index (Phi) is 8.39. The molecule has 2 aliphatic heterocycles. The quantitative estimate of drug-likeness (QED) is 0.221. The molecule has 2 saturated heterocycles. The molecule has 2 aliphatic rings. The Morgan fingerprint density at radius 3 is 2.29 bits per heavy atom. The first-order valence-electron chi connectivity index (χ1n) is 9.45. The van der Waals surface area contributed by atoms with Gasteiger partial charge in [0.15, 0.2) is 12.2 Å². The lowest BCUT2D eigenvalue weighted by Crippen LogP contribution is -2.42. The number of unbranched alkanes of at least 4 members (excludes halogenated alkanes) is 2. The van der Waals surface area contributed by atoms with E-state index in [4.69, 9.17) is 24.7 Å². The lowest BCUT2D eigenvalue weighted by Gasteiger charge is -2.20. The van der Waals surface area contributed by atoms with Gasteiger partial charge in [0.05, 0.1) is 19.8 Å². The first-order valence-corrected chi connectivity index (χ1v) is 9.45. The maximum atomic E-state index is 12.0. The van der Waals surface area contributed by atoms with Crippen molar-refractivity contribution in [2.75, 3.05) is 19.8 Å². The highest BCUT2D eigenvalue weighted by molar-refractivity contribution is 5.76. The fraction of sp³-hybridized carbons (Fsp3) is 0.882. The van der Waals surface area contributed by atoms with Gasteiger partial charge in [0.25, 0.3) is 5.09 Å². The Labute approximate surface area is 162 Å². The molecule has 2 N–H and O–H groups in total. The molecule has 0 aromatic carbocycles. The molecule has 0 aliphatic carbocycles. The van der Waals surface area contributed by atoms with E-state index in [0.717, 1.165) is 0 Å². The third-order valence-corrected chi connectivity index (χ3v) is 4.73. The molecule has 0 aromatic heterocycles. The summed E-state index contributed by atoms with van der Waals surface area (Å²) in [5, 5.41) is 9.18. The maximum absolute atomic E-state index is 12.0. The van der Waals surface area contributed by atoms with Gasteiger partial charge in [0.2, 0.25) is 0 Å². The van der Waals surface area contributed by atoms with Crippen LogP contribution in [0.15, 0.2) is 0 Å². The molecule has 0 spiro atoms. The van der Waals surface area contributed by atoms with Gasteiger partial charge in [-0.15, -0.1) is 10.1 Å². The van der Waals surface area contributed by atoms with Crippen LogP contribution in [0.4, 0.5) is 0 Å². The van der Waals surface area contributed by atoms with Crippen molar-refractivity contribution in [3.63, 3.8) is 0 Å². The molecule has 5 atom stereocenters. The zero-order chi connectivity index (χ0) is 20.7. The van der Waals surface area contributed by atoms with Gasteiger partial charge in [-0.1, -0.05) is 20.3 Å². The Morgan fingerprint density at radius 2 is 1.71 bits per heavy atom. The molecule has 0 bridgehead atoms. The third-order valence-electron chi connectivity index (χ3n) is 4.73. The molecule has 11 heteroatoms. The average Bonchev–Trinajstić information content (AvgIpc) is 3.20. The first kappa shape index (κ1) is 22.3. The van der Waals surface area contributed by atoms with E-state index in [1.54, 1.807) is 0 Å². The van der Waals surface area contributed by atoms with E-state index in [2.05, 4.69) is 4.84 Å². The minimum Gasteiger partial charge on any atom is -0.457 e. The molecule has 0 radical (unpaired) electrons. The van der Waals surface area contributed by atoms with Crippen molar-refractivity contribution in [3.05, 3.63) is 10.1 Å². The number of esters is 2. The van der Waals surface area contributed by atoms with Crippen molar-refractivity contribution in [2.24, 2.45) is 11.7 Å². The summed E-state index contributed by atoms with van der Waals surface area (Å²) in [7, 11) is 0. The van der Waals surface area contributed by atoms with Crippen molar-refractivity contribution in [1.29, 1.82) is 0 Å². The van der Waals surface area contributed by atoms with E-state index in [1.165, 1.54) is 0 Å². The number of hydrogen-bond donors (Lipinski definition) is 1. The molecule has 0 aromatic rings. The molecule has 0 saturated carbocycles. The van der Waals surface area contributed by atoms with Crippen LogP contribution >= 0.6 is 0 Å². The van der Waals surface area contributed by atoms with Crippen molar-refractivity contribution in [2.45, 2.75) is 70.0 Å². The number of hydrogen-bond acceptors (Lipinski definition) is 10. The van der Waals surface area contributed by atoms with Gasteiger partial charge in [0.1, 0.15) is 18.2 Å². The zero-order valence-corrected chi connectivity index (χ0v) is 16.1. The second-order valence-electron chi connectivity index (χ2n) is 7.24. The number of rotatable bonds is 11. The normalized spacial score (nSPS) is 27.3. The van der Waals surface area contributed by atoms with E-state index in [-0.39, 0.29) is 32.2 Å². The minimum atomic E-state index is -0.840. The molecule has 5 unspecified atom stereocenters. The molecular weight excluding hydrogens is 376 g/mol.